The SMILES string of the molecule is CCN(Cc1cccc(S(=O)(=O)[O-])c1)c1ccc(/C(=C2\C=CC(=[N+](CC)Cc3cccc(S(=O)(=O)O)c3)C=C2C)c2ccc(Nc3ccc(OC)cc3)cc2)c(C)c1. The van der Waals surface area contributed by atoms with Crippen LogP contribution in [0.3, 0.4) is 0 Å². The number of hydrogen-bond donors (Lipinski definition) is 2. The van der Waals surface area contributed by atoms with Crippen molar-refractivity contribution in [3.8, 4) is 5.75 Å². The molecule has 0 amide bonds. The number of allylic oxidation sites excluding steroid dienone is 5. The molecule has 0 aromatic heterocycles. The minimum absolute atomic E-state index is 0.135. The van der Waals surface area contributed by atoms with Crippen molar-refractivity contribution < 1.29 is 35.3 Å². The molecule has 0 unspecified atom stereocenters. The fraction of sp³-hybridized carbons (Fsp3) is 0.196. The van der Waals surface area contributed by atoms with Crippen LogP contribution in [0.15, 0.2) is 154 Å². The van der Waals surface area contributed by atoms with Gasteiger partial charge < -0.3 is 19.5 Å². The van der Waals surface area contributed by atoms with Gasteiger partial charge in [-0.3, -0.25) is 4.55 Å². The van der Waals surface area contributed by atoms with Gasteiger partial charge in [-0.05, 0) is 146 Å². The largest absolute Gasteiger partial charge is 0.744 e. The Balaban J connectivity index is 1.39. The van der Waals surface area contributed by atoms with E-state index in [1.165, 1.54) is 24.3 Å². The average Bonchev–Trinajstić information content (AvgIpc) is 3.20. The van der Waals surface area contributed by atoms with Crippen LogP contribution < -0.4 is 15.0 Å². The normalized spacial score (nSPS) is 14.8. The Hall–Kier alpha value is -5.79. The van der Waals surface area contributed by atoms with Gasteiger partial charge in [-0.1, -0.05) is 42.5 Å². The van der Waals surface area contributed by atoms with E-state index in [-0.39, 0.29) is 9.79 Å². The summed E-state index contributed by atoms with van der Waals surface area (Å²) in [6, 6.07) is 34.9. The zero-order valence-electron chi connectivity index (χ0n) is 33.1. The monoisotopic (exact) mass is 817 g/mol. The molecule has 0 atom stereocenters. The highest BCUT2D eigenvalue weighted by Gasteiger charge is 2.21. The van der Waals surface area contributed by atoms with E-state index in [2.05, 4.69) is 89.3 Å². The zero-order chi connectivity index (χ0) is 41.6. The second-order valence-corrected chi connectivity index (χ2v) is 16.9. The maximum absolute atomic E-state index is 11.8. The van der Waals surface area contributed by atoms with Crippen LogP contribution in [0.2, 0.25) is 0 Å². The van der Waals surface area contributed by atoms with Gasteiger partial charge in [-0.15, -0.1) is 0 Å². The van der Waals surface area contributed by atoms with Crippen molar-refractivity contribution in [2.45, 2.75) is 50.6 Å². The Morgan fingerprint density at radius 1 is 0.793 bits per heavy atom. The standard InChI is InChI=1S/C46H47N3O7S2/c1-6-48(30-34-10-8-12-42(28-34)57(50,51)52)39-20-24-44(32(3)26-39)46(36-14-16-37(17-15-36)47-38-18-22-41(56-5)23-19-38)45-25-21-40(27-33(45)4)49(7-2)31-35-11-9-13-43(29-35)58(53,54)55/h8-29H,6-7,30-31H2,1-5H3,(H2,50,51,52,53,54,55). The van der Waals surface area contributed by atoms with Crippen molar-refractivity contribution in [1.29, 1.82) is 0 Å². The number of hydrogen-bond acceptors (Lipinski definition) is 8. The van der Waals surface area contributed by atoms with E-state index in [4.69, 9.17) is 4.74 Å². The van der Waals surface area contributed by atoms with Gasteiger partial charge in [0.1, 0.15) is 22.4 Å². The molecule has 0 saturated heterocycles. The molecule has 0 saturated carbocycles. The fourth-order valence-electron chi connectivity index (χ4n) is 7.08. The summed E-state index contributed by atoms with van der Waals surface area (Å²) in [6.45, 7) is 10.4. The average molecular weight is 818 g/mol. The first-order chi connectivity index (χ1) is 27.7. The van der Waals surface area contributed by atoms with Crippen LogP contribution >= 0.6 is 0 Å². The van der Waals surface area contributed by atoms with Gasteiger partial charge in [0.25, 0.3) is 10.1 Å². The first-order valence-electron chi connectivity index (χ1n) is 18.9. The lowest BCUT2D eigenvalue weighted by molar-refractivity contribution is -0.539. The molecule has 58 heavy (non-hydrogen) atoms. The van der Waals surface area contributed by atoms with Crippen molar-refractivity contribution >= 4 is 48.6 Å². The zero-order valence-corrected chi connectivity index (χ0v) is 34.8. The van der Waals surface area contributed by atoms with E-state index in [1.807, 2.05) is 50.2 Å². The summed E-state index contributed by atoms with van der Waals surface area (Å²) in [5.74, 6) is 0.780. The van der Waals surface area contributed by atoms with Gasteiger partial charge in [0.2, 0.25) is 0 Å². The molecule has 12 heteroatoms. The molecule has 1 aliphatic rings. The van der Waals surface area contributed by atoms with E-state index in [0.29, 0.717) is 26.2 Å². The Morgan fingerprint density at radius 3 is 2.02 bits per heavy atom. The summed E-state index contributed by atoms with van der Waals surface area (Å²) < 4.78 is 75.9. The third-order valence-corrected chi connectivity index (χ3v) is 11.8. The van der Waals surface area contributed by atoms with Crippen molar-refractivity contribution in [3.05, 3.63) is 172 Å². The van der Waals surface area contributed by atoms with E-state index >= 15 is 0 Å². The molecular weight excluding hydrogens is 771 g/mol. The lowest BCUT2D eigenvalue weighted by Crippen LogP contribution is -2.22. The molecule has 5 aromatic carbocycles. The van der Waals surface area contributed by atoms with Crippen LogP contribution in [0.25, 0.3) is 5.57 Å². The van der Waals surface area contributed by atoms with E-state index in [0.717, 1.165) is 73.1 Å². The second-order valence-electron chi connectivity index (χ2n) is 14.1. The fourth-order valence-corrected chi connectivity index (χ4v) is 8.17. The smallest absolute Gasteiger partial charge is 0.294 e. The molecule has 300 valence electrons. The predicted octanol–water partition coefficient (Wildman–Crippen LogP) is 8.92. The lowest BCUT2D eigenvalue weighted by atomic mass is 9.85. The van der Waals surface area contributed by atoms with Crippen LogP contribution in [0, 0.1) is 6.92 Å². The van der Waals surface area contributed by atoms with Gasteiger partial charge in [0.15, 0.2) is 12.3 Å². The van der Waals surface area contributed by atoms with Crippen LogP contribution in [0.1, 0.15) is 48.6 Å². The summed E-state index contributed by atoms with van der Waals surface area (Å²) in [5, 5.41) is 3.47. The number of nitrogens with one attached hydrogen (secondary N) is 1. The first kappa shape index (κ1) is 41.8. The van der Waals surface area contributed by atoms with Gasteiger partial charge in [-0.25, -0.2) is 13.0 Å². The van der Waals surface area contributed by atoms with Crippen LogP contribution in [0.5, 0.6) is 5.75 Å². The van der Waals surface area contributed by atoms with E-state index in [1.54, 1.807) is 19.2 Å². The third-order valence-electron chi connectivity index (χ3n) is 10.1. The van der Waals surface area contributed by atoms with Crippen molar-refractivity contribution in [1.82, 2.24) is 0 Å². The number of anilines is 3. The maximum Gasteiger partial charge on any atom is 0.294 e. The highest BCUT2D eigenvalue weighted by molar-refractivity contribution is 7.86. The van der Waals surface area contributed by atoms with Crippen molar-refractivity contribution in [2.75, 3.05) is 30.4 Å². The van der Waals surface area contributed by atoms with Gasteiger partial charge in [0.05, 0.1) is 16.9 Å². The van der Waals surface area contributed by atoms with Crippen molar-refractivity contribution in [3.63, 3.8) is 0 Å². The van der Waals surface area contributed by atoms with Gasteiger partial charge in [0, 0.05) is 47.9 Å². The van der Waals surface area contributed by atoms with Gasteiger partial charge in [-0.2, -0.15) is 8.42 Å². The summed E-state index contributed by atoms with van der Waals surface area (Å²) in [4.78, 5) is 1.76. The third kappa shape index (κ3) is 10.0. The molecular formula is C46H47N3O7S2. The van der Waals surface area contributed by atoms with E-state index in [9.17, 15) is 25.9 Å². The molecule has 5 aromatic rings. The Labute approximate surface area is 341 Å². The van der Waals surface area contributed by atoms with Crippen LogP contribution in [-0.4, -0.2) is 56.4 Å². The molecule has 0 radical (unpaired) electrons. The molecule has 10 nitrogen and oxygen atoms in total. The summed E-state index contributed by atoms with van der Waals surface area (Å²) in [5.41, 5.74) is 11.5. The van der Waals surface area contributed by atoms with Crippen LogP contribution in [-0.2, 0) is 33.3 Å². The molecule has 0 bridgehead atoms. The Bertz CT molecular complexity index is 2660. The second kappa shape index (κ2) is 17.8. The summed E-state index contributed by atoms with van der Waals surface area (Å²) >= 11 is 0. The predicted molar refractivity (Wildman–Crippen MR) is 230 cm³/mol. The summed E-state index contributed by atoms with van der Waals surface area (Å²) in [7, 11) is -7.26. The number of aryl methyl sites for hydroxylation is 1. The van der Waals surface area contributed by atoms with E-state index < -0.39 is 20.2 Å². The molecule has 0 aliphatic heterocycles. The lowest BCUT2D eigenvalue weighted by Gasteiger charge is -2.26. The minimum atomic E-state index is -4.57. The minimum Gasteiger partial charge on any atom is -0.744 e. The molecule has 0 spiro atoms. The highest BCUT2D eigenvalue weighted by Crippen LogP contribution is 2.37. The topological polar surface area (TPSA) is 139 Å². The number of nitrogens with zero attached hydrogens (tertiary/aromatic N) is 2. The number of ether oxygens (including phenoxy) is 1. The quantitative estimate of drug-likeness (QED) is 0.0831. The van der Waals surface area contributed by atoms with Crippen molar-refractivity contribution in [2.24, 2.45) is 0 Å². The van der Waals surface area contributed by atoms with Gasteiger partial charge >= 0.3 is 0 Å². The molecule has 6 rings (SSSR count). The van der Waals surface area contributed by atoms with Crippen LogP contribution in [0.4, 0.5) is 17.1 Å². The molecule has 2 N–H and O–H groups in total. The maximum atomic E-state index is 11.8. The summed E-state index contributed by atoms with van der Waals surface area (Å²) in [6.07, 6.45) is 6.35. The molecule has 0 fully saturated rings. The number of rotatable bonds is 14. The molecule has 1 aliphatic carbocycles. The first-order valence-corrected chi connectivity index (χ1v) is 21.7. The number of benzene rings is 5. The number of methoxy groups -OCH3 is 1. The highest BCUT2D eigenvalue weighted by atomic mass is 32.2. The Morgan fingerprint density at radius 2 is 1.43 bits per heavy atom. The Kier molecular flexibility index (Phi) is 12.8. The molecule has 0 heterocycles.